The van der Waals surface area contributed by atoms with Crippen LogP contribution in [0, 0.1) is 0 Å². The van der Waals surface area contributed by atoms with Crippen molar-refractivity contribution in [2.24, 2.45) is 0 Å². The van der Waals surface area contributed by atoms with E-state index in [9.17, 15) is 4.79 Å². The van der Waals surface area contributed by atoms with Crippen molar-refractivity contribution in [1.29, 1.82) is 0 Å². The van der Waals surface area contributed by atoms with Gasteiger partial charge in [0.25, 0.3) is 0 Å². The molecule has 3 aromatic heterocycles. The quantitative estimate of drug-likeness (QED) is 0.649. The molecule has 3 aromatic rings. The van der Waals surface area contributed by atoms with Gasteiger partial charge >= 0.3 is 5.69 Å². The van der Waals surface area contributed by atoms with Crippen LogP contribution in [0.1, 0.15) is 0 Å². The van der Waals surface area contributed by atoms with E-state index in [-0.39, 0.29) is 11.6 Å². The van der Waals surface area contributed by atoms with Crippen LogP contribution in [-0.2, 0) is 6.54 Å². The van der Waals surface area contributed by atoms with E-state index >= 15 is 0 Å². The number of H-pyrrole nitrogens is 1. The molecule has 8 nitrogen and oxygen atoms in total. The molecule has 9 heteroatoms. The number of fused-ring (bicyclic) bond motifs is 1. The molecule has 0 aliphatic heterocycles. The first kappa shape index (κ1) is 11.8. The molecule has 0 aliphatic rings. The van der Waals surface area contributed by atoms with E-state index in [0.29, 0.717) is 23.1 Å². The number of aromatic nitrogens is 6. The third-order valence-electron chi connectivity index (χ3n) is 2.50. The Kier molecular flexibility index (Phi) is 2.95. The zero-order valence-corrected chi connectivity index (χ0v) is 10.7. The number of aromatic amines is 1. The molecule has 0 radical (unpaired) electrons. The summed E-state index contributed by atoms with van der Waals surface area (Å²) in [6, 6.07) is 5.43. The molecule has 0 fully saturated rings. The van der Waals surface area contributed by atoms with Crippen LogP contribution < -0.4 is 11.4 Å². The molecule has 0 aliphatic carbocycles. The van der Waals surface area contributed by atoms with E-state index in [1.807, 2.05) is 6.07 Å². The monoisotopic (exact) mass is 277 g/mol. The zero-order valence-electron chi connectivity index (χ0n) is 9.85. The highest BCUT2D eigenvalue weighted by atomic mass is 32.2. The molecule has 3 rings (SSSR count). The smallest absolute Gasteiger partial charge is 0.350 e. The Bertz CT molecular complexity index is 758. The standard InChI is InChI=1S/C10H11N7OS/c11-8-12-9(14-13-8)19-6-5-17-10(18)16-4-2-1-3-7(16)15-17/h1-4H,5-6H2,(H3,11,12,13,14). The molecule has 98 valence electrons. The number of nitrogens with two attached hydrogens (primary N) is 1. The van der Waals surface area contributed by atoms with E-state index in [0.717, 1.165) is 0 Å². The Hall–Kier alpha value is -2.29. The maximum atomic E-state index is 12.0. The van der Waals surface area contributed by atoms with Gasteiger partial charge in [0.2, 0.25) is 11.1 Å². The van der Waals surface area contributed by atoms with Gasteiger partial charge in [0.15, 0.2) is 5.65 Å². The summed E-state index contributed by atoms with van der Waals surface area (Å²) in [6.07, 6.45) is 1.70. The first-order chi connectivity index (χ1) is 9.24. The molecule has 0 spiro atoms. The Morgan fingerprint density at radius 3 is 3.05 bits per heavy atom. The lowest BCUT2D eigenvalue weighted by Gasteiger charge is -1.96. The molecule has 3 heterocycles. The van der Waals surface area contributed by atoms with Crippen molar-refractivity contribution < 1.29 is 0 Å². The molecule has 0 aromatic carbocycles. The summed E-state index contributed by atoms with van der Waals surface area (Å²) >= 11 is 1.41. The highest BCUT2D eigenvalue weighted by Gasteiger charge is 2.06. The second kappa shape index (κ2) is 4.76. The van der Waals surface area contributed by atoms with Crippen molar-refractivity contribution in [3.05, 3.63) is 34.9 Å². The SMILES string of the molecule is Nc1nc(SCCn2nc3ccccn3c2=O)n[nH]1. The summed E-state index contributed by atoms with van der Waals surface area (Å²) in [5.74, 6) is 0.925. The summed E-state index contributed by atoms with van der Waals surface area (Å²) in [5.41, 5.74) is 5.91. The number of hydrogen-bond acceptors (Lipinski definition) is 6. The number of nitrogens with zero attached hydrogens (tertiary/aromatic N) is 5. The lowest BCUT2D eigenvalue weighted by Crippen LogP contribution is -2.21. The van der Waals surface area contributed by atoms with Crippen molar-refractivity contribution in [2.75, 3.05) is 11.5 Å². The van der Waals surface area contributed by atoms with Crippen LogP contribution in [0.15, 0.2) is 34.3 Å². The molecule has 19 heavy (non-hydrogen) atoms. The largest absolute Gasteiger partial charge is 0.368 e. The Balaban J connectivity index is 1.72. The summed E-state index contributed by atoms with van der Waals surface area (Å²) in [5, 5.41) is 11.3. The first-order valence-electron chi connectivity index (χ1n) is 5.59. The molecular weight excluding hydrogens is 266 g/mol. The fourth-order valence-corrected chi connectivity index (χ4v) is 2.38. The maximum absolute atomic E-state index is 12.0. The van der Waals surface area contributed by atoms with E-state index < -0.39 is 0 Å². The Labute approximate surface area is 111 Å². The van der Waals surface area contributed by atoms with Gasteiger partial charge in [0, 0.05) is 11.9 Å². The van der Waals surface area contributed by atoms with Crippen molar-refractivity contribution in [1.82, 2.24) is 29.4 Å². The summed E-state index contributed by atoms with van der Waals surface area (Å²) < 4.78 is 2.94. The fourth-order valence-electron chi connectivity index (χ4n) is 1.66. The van der Waals surface area contributed by atoms with Gasteiger partial charge in [0.05, 0.1) is 6.54 Å². The van der Waals surface area contributed by atoms with Crippen LogP contribution >= 0.6 is 11.8 Å². The highest BCUT2D eigenvalue weighted by molar-refractivity contribution is 7.99. The first-order valence-corrected chi connectivity index (χ1v) is 6.57. The number of thioether (sulfide) groups is 1. The lowest BCUT2D eigenvalue weighted by molar-refractivity contribution is 0.639. The van der Waals surface area contributed by atoms with Crippen LogP contribution in [0.3, 0.4) is 0 Å². The van der Waals surface area contributed by atoms with E-state index in [1.54, 1.807) is 18.3 Å². The summed E-state index contributed by atoms with van der Waals surface area (Å²) in [7, 11) is 0. The molecular formula is C10H11N7OS. The Morgan fingerprint density at radius 2 is 2.32 bits per heavy atom. The molecule has 0 saturated carbocycles. The average Bonchev–Trinajstić information content (AvgIpc) is 2.96. The van der Waals surface area contributed by atoms with Gasteiger partial charge in [-0.25, -0.2) is 14.6 Å². The fraction of sp³-hybridized carbons (Fsp3) is 0.200. The molecule has 0 saturated heterocycles. The summed E-state index contributed by atoms with van der Waals surface area (Å²) in [4.78, 5) is 15.9. The van der Waals surface area contributed by atoms with Crippen LogP contribution in [0.5, 0.6) is 0 Å². The highest BCUT2D eigenvalue weighted by Crippen LogP contribution is 2.12. The van der Waals surface area contributed by atoms with Gasteiger partial charge < -0.3 is 5.73 Å². The predicted octanol–water partition coefficient (Wildman–Crippen LogP) is -0.0114. The molecule has 0 bridgehead atoms. The van der Waals surface area contributed by atoms with Crippen LogP contribution in [0.25, 0.3) is 5.65 Å². The number of nitrogen functional groups attached to an aromatic ring is 1. The van der Waals surface area contributed by atoms with E-state index in [1.165, 1.54) is 20.8 Å². The number of rotatable bonds is 4. The van der Waals surface area contributed by atoms with Gasteiger partial charge in [-0.2, -0.15) is 4.98 Å². The van der Waals surface area contributed by atoms with Gasteiger partial charge in [-0.05, 0) is 12.1 Å². The zero-order chi connectivity index (χ0) is 13.2. The molecule has 0 unspecified atom stereocenters. The molecule has 0 amide bonds. The third kappa shape index (κ3) is 2.32. The second-order valence-electron chi connectivity index (χ2n) is 3.79. The Morgan fingerprint density at radius 1 is 1.42 bits per heavy atom. The van der Waals surface area contributed by atoms with Crippen LogP contribution in [0.2, 0.25) is 0 Å². The number of hydrogen-bond donors (Lipinski definition) is 2. The minimum atomic E-state index is -0.147. The maximum Gasteiger partial charge on any atom is 0.350 e. The van der Waals surface area contributed by atoms with Crippen molar-refractivity contribution >= 4 is 23.4 Å². The van der Waals surface area contributed by atoms with E-state index in [4.69, 9.17) is 5.73 Å². The minimum absolute atomic E-state index is 0.147. The van der Waals surface area contributed by atoms with Gasteiger partial charge in [0.1, 0.15) is 0 Å². The van der Waals surface area contributed by atoms with Crippen molar-refractivity contribution in [3.8, 4) is 0 Å². The number of aryl methyl sites for hydroxylation is 1. The van der Waals surface area contributed by atoms with Gasteiger partial charge in [-0.1, -0.05) is 17.8 Å². The average molecular weight is 277 g/mol. The number of anilines is 1. The second-order valence-corrected chi connectivity index (χ2v) is 4.85. The van der Waals surface area contributed by atoms with E-state index in [2.05, 4.69) is 20.3 Å². The van der Waals surface area contributed by atoms with Crippen molar-refractivity contribution in [3.63, 3.8) is 0 Å². The molecule has 0 atom stereocenters. The number of pyridine rings is 1. The molecule has 3 N–H and O–H groups in total. The predicted molar refractivity (Wildman–Crippen MR) is 71.0 cm³/mol. The van der Waals surface area contributed by atoms with Crippen LogP contribution in [0.4, 0.5) is 5.95 Å². The van der Waals surface area contributed by atoms with Gasteiger partial charge in [-0.3, -0.25) is 4.40 Å². The normalized spacial score (nSPS) is 11.2. The third-order valence-corrected chi connectivity index (χ3v) is 3.33. The minimum Gasteiger partial charge on any atom is -0.368 e. The van der Waals surface area contributed by atoms with Crippen molar-refractivity contribution in [2.45, 2.75) is 11.7 Å². The number of nitrogens with one attached hydrogen (secondary N) is 1. The van der Waals surface area contributed by atoms with Gasteiger partial charge in [-0.15, -0.1) is 10.2 Å². The summed E-state index contributed by atoms with van der Waals surface area (Å²) in [6.45, 7) is 0.486. The topological polar surface area (TPSA) is 107 Å². The van der Waals surface area contributed by atoms with Crippen LogP contribution in [-0.4, -0.2) is 35.1 Å². The lowest BCUT2D eigenvalue weighted by atomic mass is 10.5.